The quantitative estimate of drug-likeness (QED) is 0.0516. The van der Waals surface area contributed by atoms with Crippen molar-refractivity contribution in [2.24, 2.45) is 5.92 Å². The maximum absolute atomic E-state index is 14.4. The summed E-state index contributed by atoms with van der Waals surface area (Å²) in [6.07, 6.45) is -10.8. The number of halogens is 17. The summed E-state index contributed by atoms with van der Waals surface area (Å²) in [5.41, 5.74) is 0. The van der Waals surface area contributed by atoms with Crippen LogP contribution in [0, 0.1) is 45.9 Å². The number of aliphatic hydroxyl groups is 1. The van der Waals surface area contributed by atoms with Gasteiger partial charge in [-0.15, -0.1) is 0 Å². The van der Waals surface area contributed by atoms with Gasteiger partial charge in [0.25, 0.3) is 0 Å². The standard InChI is InChI=1S/C36H51F17N6O11.Gd/c1-23(27(67)54-3-4-55-5-7-56(20-24(61)62)9-11-58(22-26(65)66)12-10-57(8-6-55)21-25(63)64)28(68)59(14-18-70-19-15-60)13-17-69-16-2-29(37,38)30(39,40)31(41,42)32(43,44)33(45,46)34(47,48)35(49,50)36(51,52)53;/h23,60H,2-22H2,1H3,(H,54,67)(H,61,62)(H,63,64)(H,65,66);/q;+3/p-3. The van der Waals surface area contributed by atoms with Crippen molar-refractivity contribution in [1.29, 1.82) is 0 Å². The summed E-state index contributed by atoms with van der Waals surface area (Å²) in [7, 11) is 0. The molecule has 1 fully saturated rings. The van der Waals surface area contributed by atoms with Gasteiger partial charge in [0, 0.05) is 105 Å². The molecule has 1 radical (unpaired) electrons. The Morgan fingerprint density at radius 1 is 0.549 bits per heavy atom. The summed E-state index contributed by atoms with van der Waals surface area (Å²) in [4.78, 5) is 67.1. The van der Waals surface area contributed by atoms with Gasteiger partial charge < -0.3 is 54.5 Å². The molecule has 1 rings (SSSR count). The molecule has 0 spiro atoms. The van der Waals surface area contributed by atoms with Crippen LogP contribution in [0.2, 0.25) is 0 Å². The van der Waals surface area contributed by atoms with E-state index in [0.29, 0.717) is 4.90 Å². The molecule has 0 saturated carbocycles. The van der Waals surface area contributed by atoms with E-state index >= 15 is 0 Å². The summed E-state index contributed by atoms with van der Waals surface area (Å²) in [5.74, 6) is -65.6. The molecule has 1 aliphatic rings. The van der Waals surface area contributed by atoms with E-state index in [0.717, 1.165) is 6.92 Å². The third-order valence-electron chi connectivity index (χ3n) is 10.4. The Labute approximate surface area is 424 Å². The first kappa shape index (κ1) is 68.2. The second kappa shape index (κ2) is 28.2. The zero-order valence-corrected chi connectivity index (χ0v) is 39.2. The number of rotatable bonds is 28. The van der Waals surface area contributed by atoms with Crippen LogP contribution in [0.1, 0.15) is 13.3 Å². The summed E-state index contributed by atoms with van der Waals surface area (Å²) < 4.78 is 241. The number of alkyl halides is 17. The zero-order chi connectivity index (χ0) is 54.3. The number of hydrogen-bond donors (Lipinski definition) is 2. The van der Waals surface area contributed by atoms with Crippen molar-refractivity contribution in [2.45, 2.75) is 61.0 Å². The number of ether oxygens (including phenoxy) is 2. The monoisotopic (exact) mass is 1220 g/mol. The number of amides is 2. The van der Waals surface area contributed by atoms with Crippen molar-refractivity contribution in [3.05, 3.63) is 0 Å². The van der Waals surface area contributed by atoms with Crippen LogP contribution in [-0.4, -0.2) is 238 Å². The Kier molecular flexibility index (Phi) is 27.1. The van der Waals surface area contributed by atoms with Crippen molar-refractivity contribution in [3.8, 4) is 0 Å². The van der Waals surface area contributed by atoms with Crippen LogP contribution in [0.15, 0.2) is 0 Å². The van der Waals surface area contributed by atoms with E-state index in [1.807, 2.05) is 0 Å². The summed E-state index contributed by atoms with van der Waals surface area (Å²) in [5, 5.41) is 45.4. The van der Waals surface area contributed by atoms with E-state index in [2.05, 4.69) is 10.1 Å². The third kappa shape index (κ3) is 18.2. The van der Waals surface area contributed by atoms with Crippen molar-refractivity contribution in [3.63, 3.8) is 0 Å². The topological polar surface area (TPSA) is 221 Å². The molecule has 2 amide bonds. The van der Waals surface area contributed by atoms with Crippen molar-refractivity contribution in [1.82, 2.24) is 29.8 Å². The fourth-order valence-corrected chi connectivity index (χ4v) is 6.20. The molecule has 2 N–H and O–H groups in total. The number of hydrogen-bond acceptors (Lipinski definition) is 15. The number of nitrogens with zero attached hydrogens (tertiary/aromatic N) is 5. The Morgan fingerprint density at radius 3 is 1.24 bits per heavy atom. The predicted octanol–water partition coefficient (Wildman–Crippen LogP) is -1.54. The molecule has 1 unspecified atom stereocenters. The molecule has 1 heterocycles. The molecule has 1 atom stereocenters. The first-order chi connectivity index (χ1) is 31.9. The molecule has 35 heteroatoms. The van der Waals surface area contributed by atoms with E-state index in [1.54, 1.807) is 4.90 Å². The van der Waals surface area contributed by atoms with Gasteiger partial charge in [0.1, 0.15) is 5.92 Å². The molecule has 71 heavy (non-hydrogen) atoms. The largest absolute Gasteiger partial charge is 3.00 e. The van der Waals surface area contributed by atoms with Crippen molar-refractivity contribution < 1.29 is 168 Å². The Bertz CT molecular complexity index is 1700. The number of carbonyl (C=O) groups is 5. The van der Waals surface area contributed by atoms with Crippen molar-refractivity contribution in [2.75, 3.05) is 131 Å². The van der Waals surface area contributed by atoms with Gasteiger partial charge in [-0.2, -0.15) is 74.6 Å². The molecule has 0 aliphatic carbocycles. The molecule has 415 valence electrons. The zero-order valence-electron chi connectivity index (χ0n) is 37.0. The maximum atomic E-state index is 14.4. The Balaban J connectivity index is 0.0000490. The van der Waals surface area contributed by atoms with Gasteiger partial charge in [-0.25, -0.2) is 0 Å². The second-order valence-corrected chi connectivity index (χ2v) is 15.5. The van der Waals surface area contributed by atoms with Gasteiger partial charge in [0.15, 0.2) is 0 Å². The van der Waals surface area contributed by atoms with Gasteiger partial charge in [-0.3, -0.25) is 29.2 Å². The fraction of sp³-hybridized carbons (Fsp3) is 0.861. The minimum Gasteiger partial charge on any atom is -0.549 e. The van der Waals surface area contributed by atoms with E-state index in [9.17, 15) is 114 Å². The van der Waals surface area contributed by atoms with Gasteiger partial charge in [0.05, 0.1) is 50.9 Å². The van der Waals surface area contributed by atoms with Gasteiger partial charge in [-0.05, 0) is 6.92 Å². The molecule has 0 aromatic carbocycles. The smallest absolute Gasteiger partial charge is 0.549 e. The molecule has 0 bridgehead atoms. The first-order valence-electron chi connectivity index (χ1n) is 20.4. The van der Waals surface area contributed by atoms with Crippen LogP contribution in [-0.2, 0) is 33.4 Å². The normalized spacial score (nSPS) is 17.1. The average molecular weight is 1220 g/mol. The summed E-state index contributed by atoms with van der Waals surface area (Å²) >= 11 is 0. The summed E-state index contributed by atoms with van der Waals surface area (Å²) in [6.45, 7) is -6.23. The molecule has 1 aliphatic heterocycles. The number of nitrogens with one attached hydrogen (secondary N) is 1. The number of aliphatic carboxylic acids is 3. The number of aliphatic hydroxyl groups excluding tert-OH is 1. The minimum absolute atomic E-state index is 0. The van der Waals surface area contributed by atoms with Crippen LogP contribution in [0.4, 0.5) is 74.6 Å². The van der Waals surface area contributed by atoms with E-state index in [-0.39, 0.29) is 112 Å². The Morgan fingerprint density at radius 2 is 0.887 bits per heavy atom. The minimum atomic E-state index is -8.78. The van der Waals surface area contributed by atoms with E-state index in [1.165, 1.54) is 14.7 Å². The Hall–Kier alpha value is -2.80. The van der Waals surface area contributed by atoms with Crippen molar-refractivity contribution >= 4 is 29.7 Å². The summed E-state index contributed by atoms with van der Waals surface area (Å²) in [6, 6.07) is 0. The number of carboxylic acid groups (broad SMARTS) is 3. The van der Waals surface area contributed by atoms with Crippen LogP contribution in [0.25, 0.3) is 0 Å². The number of carboxylic acids is 3. The van der Waals surface area contributed by atoms with Crippen LogP contribution in [0.5, 0.6) is 0 Å². The van der Waals surface area contributed by atoms with E-state index < -0.39 is 149 Å². The van der Waals surface area contributed by atoms with Crippen LogP contribution in [0.3, 0.4) is 0 Å². The van der Waals surface area contributed by atoms with Gasteiger partial charge in [0.2, 0.25) is 11.8 Å². The third-order valence-corrected chi connectivity index (χ3v) is 10.4. The predicted molar refractivity (Wildman–Crippen MR) is 194 cm³/mol. The molecule has 0 aromatic heterocycles. The number of carbonyl (C=O) groups excluding carboxylic acids is 5. The van der Waals surface area contributed by atoms with Gasteiger partial charge >= 0.3 is 87.6 Å². The molecular formula is C36H48F17GdN6O11. The molecule has 1 saturated heterocycles. The van der Waals surface area contributed by atoms with Crippen LogP contribution < -0.4 is 20.6 Å². The fourth-order valence-electron chi connectivity index (χ4n) is 6.20. The first-order valence-corrected chi connectivity index (χ1v) is 20.4. The maximum Gasteiger partial charge on any atom is 3.00 e. The average Bonchev–Trinajstić information content (AvgIpc) is 3.22. The second-order valence-electron chi connectivity index (χ2n) is 15.5. The molecule has 0 aromatic rings. The SMILES string of the molecule is CC(C(=O)NCCN1CCN(CC(=O)[O-])CCN(CC(=O)[O-])CCN(CC(=O)[O-])CC1)C(=O)N(CCOCCO)CCOCCC(F)(F)C(F)(F)C(F)(F)C(F)(F)C(F)(F)C(F)(F)C(F)(F)C(F)(F)F.[Gd+3]. The molecule has 17 nitrogen and oxygen atoms in total. The van der Waals surface area contributed by atoms with Crippen LogP contribution >= 0.6 is 0 Å². The molecular weight excluding hydrogens is 1170 g/mol. The van der Waals surface area contributed by atoms with E-state index in [4.69, 9.17) is 9.84 Å². The van der Waals surface area contributed by atoms with Gasteiger partial charge in [-0.1, -0.05) is 0 Å².